The van der Waals surface area contributed by atoms with E-state index in [9.17, 15) is 0 Å². The Bertz CT molecular complexity index is 3140. The van der Waals surface area contributed by atoms with Crippen molar-refractivity contribution in [1.29, 1.82) is 0 Å². The van der Waals surface area contributed by atoms with Crippen molar-refractivity contribution in [2.75, 3.05) is 0 Å². The number of fused-ring (bicyclic) bond motifs is 7. The molecule has 0 radical (unpaired) electrons. The van der Waals surface area contributed by atoms with Gasteiger partial charge in [0.05, 0.1) is 11.4 Å². The Morgan fingerprint density at radius 1 is 0.351 bits per heavy atom. The molecule has 0 atom stereocenters. The van der Waals surface area contributed by atoms with Gasteiger partial charge < -0.3 is 0 Å². The van der Waals surface area contributed by atoms with Crippen LogP contribution in [0.5, 0.6) is 0 Å². The molecule has 11 rings (SSSR count). The lowest BCUT2D eigenvalue weighted by Crippen LogP contribution is -2.15. The molecule has 10 aromatic rings. The molecule has 0 saturated carbocycles. The molecule has 0 spiro atoms. The number of nitrogens with zero attached hydrogens (tertiary/aromatic N) is 2. The molecule has 9 aromatic carbocycles. The molecule has 0 unspecified atom stereocenters. The third kappa shape index (κ3) is 5.25. The van der Waals surface area contributed by atoms with Crippen LogP contribution < -0.4 is 0 Å². The van der Waals surface area contributed by atoms with Crippen LogP contribution in [0.15, 0.2) is 194 Å². The summed E-state index contributed by atoms with van der Waals surface area (Å²) < 4.78 is 0. The monoisotopic (exact) mass is 726 g/mol. The fourth-order valence-corrected chi connectivity index (χ4v) is 9.46. The lowest BCUT2D eigenvalue weighted by Gasteiger charge is -2.23. The summed E-state index contributed by atoms with van der Waals surface area (Å²) in [6, 6.07) is 70.1. The average molecular weight is 727 g/mol. The van der Waals surface area contributed by atoms with Crippen molar-refractivity contribution in [2.45, 2.75) is 19.3 Å². The minimum absolute atomic E-state index is 0.120. The summed E-state index contributed by atoms with van der Waals surface area (Å²) in [6.45, 7) is 4.77. The van der Waals surface area contributed by atoms with Gasteiger partial charge in [-0.25, -0.2) is 9.97 Å². The van der Waals surface area contributed by atoms with Gasteiger partial charge in [0, 0.05) is 22.1 Å². The van der Waals surface area contributed by atoms with Crippen molar-refractivity contribution in [3.05, 3.63) is 205 Å². The molecule has 0 N–H and O–H groups in total. The van der Waals surface area contributed by atoms with Crippen LogP contribution in [0.4, 0.5) is 0 Å². The van der Waals surface area contributed by atoms with E-state index < -0.39 is 0 Å². The summed E-state index contributed by atoms with van der Waals surface area (Å²) in [5, 5.41) is 7.47. The zero-order valence-electron chi connectivity index (χ0n) is 31.9. The van der Waals surface area contributed by atoms with Gasteiger partial charge in [-0.05, 0) is 82.9 Å². The molecule has 0 bridgehead atoms. The van der Waals surface area contributed by atoms with Crippen molar-refractivity contribution < 1.29 is 0 Å². The molecule has 0 aliphatic heterocycles. The molecule has 1 aliphatic rings. The van der Waals surface area contributed by atoms with Crippen molar-refractivity contribution >= 4 is 32.3 Å². The van der Waals surface area contributed by atoms with Gasteiger partial charge in [0.25, 0.3) is 0 Å². The highest BCUT2D eigenvalue weighted by atomic mass is 14.9. The lowest BCUT2D eigenvalue weighted by molar-refractivity contribution is 0.666. The Morgan fingerprint density at radius 2 is 0.842 bits per heavy atom. The standard InChI is InChI=1S/C55H38N2/c1-55(2)49-27-15-26-47(52(49)48-29-28-35-16-9-10-21-38(35)53(48)55)45-31-30-43(39-22-11-12-23-40(39)45)44-32-33-46(42-25-14-13-24-41(42)44)51-34-50(36-17-5-3-6-18-36)56-54(57-51)37-19-7-4-8-20-37/h3-34H,1-2H3. The van der Waals surface area contributed by atoms with Gasteiger partial charge in [-0.1, -0.05) is 202 Å². The summed E-state index contributed by atoms with van der Waals surface area (Å²) in [6.07, 6.45) is 0. The van der Waals surface area contributed by atoms with Crippen molar-refractivity contribution in [3.8, 4) is 67.3 Å². The van der Waals surface area contributed by atoms with Crippen LogP contribution >= 0.6 is 0 Å². The smallest absolute Gasteiger partial charge is 0.160 e. The van der Waals surface area contributed by atoms with E-state index in [1.54, 1.807) is 0 Å². The third-order valence-electron chi connectivity index (χ3n) is 12.1. The fraction of sp³-hybridized carbons (Fsp3) is 0.0545. The van der Waals surface area contributed by atoms with E-state index in [0.29, 0.717) is 5.82 Å². The highest BCUT2D eigenvalue weighted by Crippen LogP contribution is 2.55. The Morgan fingerprint density at radius 3 is 1.49 bits per heavy atom. The second-order valence-corrected chi connectivity index (χ2v) is 15.7. The third-order valence-corrected chi connectivity index (χ3v) is 12.1. The minimum Gasteiger partial charge on any atom is -0.228 e. The highest BCUT2D eigenvalue weighted by molar-refractivity contribution is 6.13. The molecular weight excluding hydrogens is 689 g/mol. The first-order chi connectivity index (χ1) is 28.0. The molecular formula is C55H38N2. The van der Waals surface area contributed by atoms with Crippen molar-refractivity contribution in [3.63, 3.8) is 0 Å². The van der Waals surface area contributed by atoms with Crippen LogP contribution in [-0.2, 0) is 5.41 Å². The number of hydrogen-bond donors (Lipinski definition) is 0. The van der Waals surface area contributed by atoms with Gasteiger partial charge in [-0.2, -0.15) is 0 Å². The summed E-state index contributed by atoms with van der Waals surface area (Å²) in [7, 11) is 0. The topological polar surface area (TPSA) is 25.8 Å². The fourth-order valence-electron chi connectivity index (χ4n) is 9.46. The number of rotatable bonds is 5. The maximum atomic E-state index is 5.21. The van der Waals surface area contributed by atoms with Gasteiger partial charge in [0.1, 0.15) is 0 Å². The molecule has 268 valence electrons. The van der Waals surface area contributed by atoms with Crippen molar-refractivity contribution in [1.82, 2.24) is 9.97 Å². The van der Waals surface area contributed by atoms with Crippen molar-refractivity contribution in [2.24, 2.45) is 0 Å². The van der Waals surface area contributed by atoms with Gasteiger partial charge in [0.2, 0.25) is 0 Å². The van der Waals surface area contributed by atoms with Crippen LogP contribution in [0, 0.1) is 0 Å². The normalized spacial score (nSPS) is 12.9. The predicted octanol–water partition coefficient (Wildman–Crippen LogP) is 14.6. The molecule has 1 aromatic heterocycles. The number of hydrogen-bond acceptors (Lipinski definition) is 2. The Kier molecular flexibility index (Phi) is 7.55. The van der Waals surface area contributed by atoms with Gasteiger partial charge in [-0.3, -0.25) is 0 Å². The van der Waals surface area contributed by atoms with Gasteiger partial charge >= 0.3 is 0 Å². The Balaban J connectivity index is 1.09. The molecule has 2 nitrogen and oxygen atoms in total. The second kappa shape index (κ2) is 13.0. The number of benzene rings is 9. The second-order valence-electron chi connectivity index (χ2n) is 15.7. The maximum Gasteiger partial charge on any atom is 0.160 e. The summed E-state index contributed by atoms with van der Waals surface area (Å²) in [5.41, 5.74) is 15.3. The van der Waals surface area contributed by atoms with E-state index >= 15 is 0 Å². The summed E-state index contributed by atoms with van der Waals surface area (Å²) in [4.78, 5) is 10.3. The lowest BCUT2D eigenvalue weighted by atomic mass is 9.80. The Labute approximate surface area is 332 Å². The molecule has 0 fully saturated rings. The van der Waals surface area contributed by atoms with E-state index in [1.807, 2.05) is 24.3 Å². The van der Waals surface area contributed by atoms with E-state index in [-0.39, 0.29) is 5.41 Å². The molecule has 2 heteroatoms. The van der Waals surface area contributed by atoms with Gasteiger partial charge in [0.15, 0.2) is 5.82 Å². The largest absolute Gasteiger partial charge is 0.228 e. The first-order valence-electron chi connectivity index (χ1n) is 19.8. The molecule has 1 aliphatic carbocycles. The highest BCUT2D eigenvalue weighted by Gasteiger charge is 2.38. The quantitative estimate of drug-likeness (QED) is 0.176. The number of aromatic nitrogens is 2. The zero-order valence-corrected chi connectivity index (χ0v) is 31.9. The predicted molar refractivity (Wildman–Crippen MR) is 239 cm³/mol. The van der Waals surface area contributed by atoms with E-state index in [4.69, 9.17) is 9.97 Å². The van der Waals surface area contributed by atoms with Crippen LogP contribution in [0.3, 0.4) is 0 Å². The zero-order chi connectivity index (χ0) is 38.1. The SMILES string of the molecule is CC1(C)c2cccc(-c3ccc(-c4ccc(-c5cc(-c6ccccc6)nc(-c6ccccc6)n5)c5ccccc45)c4ccccc34)c2-c2ccc3ccccc3c21. The molecule has 57 heavy (non-hydrogen) atoms. The first-order valence-corrected chi connectivity index (χ1v) is 19.8. The molecule has 1 heterocycles. The van der Waals surface area contributed by atoms with E-state index in [2.05, 4.69) is 184 Å². The van der Waals surface area contributed by atoms with Crippen LogP contribution in [-0.4, -0.2) is 9.97 Å². The van der Waals surface area contributed by atoms with Crippen LogP contribution in [0.2, 0.25) is 0 Å². The molecule has 0 saturated heterocycles. The molecule has 0 amide bonds. The van der Waals surface area contributed by atoms with Crippen LogP contribution in [0.25, 0.3) is 99.6 Å². The average Bonchev–Trinajstić information content (AvgIpc) is 3.52. The first kappa shape index (κ1) is 33.2. The van der Waals surface area contributed by atoms with Crippen LogP contribution in [0.1, 0.15) is 25.0 Å². The minimum atomic E-state index is -0.120. The van der Waals surface area contributed by atoms with Gasteiger partial charge in [-0.15, -0.1) is 0 Å². The summed E-state index contributed by atoms with van der Waals surface area (Å²) >= 11 is 0. The Hall–Kier alpha value is -7.16. The maximum absolute atomic E-state index is 5.21. The van der Waals surface area contributed by atoms with E-state index in [1.165, 1.54) is 71.4 Å². The van der Waals surface area contributed by atoms with E-state index in [0.717, 1.165) is 33.5 Å². The summed E-state index contributed by atoms with van der Waals surface area (Å²) in [5.74, 6) is 0.716.